The van der Waals surface area contributed by atoms with Gasteiger partial charge in [0.25, 0.3) is 0 Å². The van der Waals surface area contributed by atoms with Crippen molar-refractivity contribution in [2.24, 2.45) is 0 Å². The number of aliphatic hydroxyl groups is 1. The lowest BCUT2D eigenvalue weighted by molar-refractivity contribution is -0.140. The van der Waals surface area contributed by atoms with Crippen LogP contribution in [0.2, 0.25) is 0 Å². The molecule has 1 aromatic carbocycles. The first-order valence-corrected chi connectivity index (χ1v) is 5.85. The summed E-state index contributed by atoms with van der Waals surface area (Å²) < 4.78 is 43.9. The monoisotopic (exact) mass is 260 g/mol. The minimum Gasteiger partial charge on any atom is -0.497 e. The first kappa shape index (κ1) is 13.2. The van der Waals surface area contributed by atoms with E-state index in [0.717, 1.165) is 18.9 Å². The normalized spacial score (nSPS) is 18.9. The average molecular weight is 260 g/mol. The second-order valence-corrected chi connectivity index (χ2v) is 4.65. The molecule has 0 aliphatic heterocycles. The quantitative estimate of drug-likeness (QED) is 0.882. The van der Waals surface area contributed by atoms with E-state index < -0.39 is 17.3 Å². The van der Waals surface area contributed by atoms with Crippen molar-refractivity contribution in [1.82, 2.24) is 0 Å². The maximum Gasteiger partial charge on any atom is 0.416 e. The lowest BCUT2D eigenvalue weighted by atomic mass is 9.88. The molecule has 0 bridgehead atoms. The van der Waals surface area contributed by atoms with E-state index in [-0.39, 0.29) is 11.3 Å². The van der Waals surface area contributed by atoms with Gasteiger partial charge in [-0.05, 0) is 30.5 Å². The summed E-state index contributed by atoms with van der Waals surface area (Å²) in [4.78, 5) is 0. The molecule has 0 aromatic heterocycles. The molecule has 0 atom stereocenters. The van der Waals surface area contributed by atoms with Crippen LogP contribution in [-0.2, 0) is 11.8 Å². The summed E-state index contributed by atoms with van der Waals surface area (Å²) >= 11 is 0. The second kappa shape index (κ2) is 4.46. The Labute approximate surface area is 103 Å². The Hall–Kier alpha value is -1.23. The third-order valence-electron chi connectivity index (χ3n) is 3.46. The highest BCUT2D eigenvalue weighted by molar-refractivity contribution is 5.41. The highest BCUT2D eigenvalue weighted by Gasteiger charge is 2.42. The number of hydrogen-bond donors (Lipinski definition) is 1. The lowest BCUT2D eigenvalue weighted by Crippen LogP contribution is -2.25. The molecule has 0 heterocycles. The SMILES string of the molecule is COc1ccc(C2(O)CCCC2)c(C(F)(F)F)c1. The number of rotatable bonds is 2. The number of hydrogen-bond acceptors (Lipinski definition) is 2. The molecule has 1 saturated carbocycles. The summed E-state index contributed by atoms with van der Waals surface area (Å²) in [6, 6.07) is 3.74. The molecule has 2 rings (SSSR count). The van der Waals surface area contributed by atoms with Crippen molar-refractivity contribution < 1.29 is 23.0 Å². The molecule has 1 aromatic rings. The largest absolute Gasteiger partial charge is 0.497 e. The van der Waals surface area contributed by atoms with E-state index in [2.05, 4.69) is 0 Å². The van der Waals surface area contributed by atoms with Gasteiger partial charge >= 0.3 is 6.18 Å². The van der Waals surface area contributed by atoms with Gasteiger partial charge in [-0.2, -0.15) is 13.2 Å². The van der Waals surface area contributed by atoms with E-state index in [4.69, 9.17) is 4.74 Å². The maximum absolute atomic E-state index is 13.0. The predicted molar refractivity (Wildman–Crippen MR) is 60.4 cm³/mol. The second-order valence-electron chi connectivity index (χ2n) is 4.65. The first-order chi connectivity index (χ1) is 8.37. The van der Waals surface area contributed by atoms with Gasteiger partial charge in [-0.25, -0.2) is 0 Å². The van der Waals surface area contributed by atoms with Crippen molar-refractivity contribution in [3.8, 4) is 5.75 Å². The van der Waals surface area contributed by atoms with Crippen LogP contribution in [0.5, 0.6) is 5.75 Å². The van der Waals surface area contributed by atoms with E-state index in [1.165, 1.54) is 19.2 Å². The van der Waals surface area contributed by atoms with Crippen molar-refractivity contribution in [2.75, 3.05) is 7.11 Å². The molecule has 1 N–H and O–H groups in total. The highest BCUT2D eigenvalue weighted by atomic mass is 19.4. The van der Waals surface area contributed by atoms with Crippen molar-refractivity contribution in [3.63, 3.8) is 0 Å². The molecule has 0 radical (unpaired) electrons. The number of halogens is 3. The van der Waals surface area contributed by atoms with Crippen LogP contribution in [0.4, 0.5) is 13.2 Å². The van der Waals surface area contributed by atoms with E-state index in [1.807, 2.05) is 0 Å². The summed E-state index contributed by atoms with van der Waals surface area (Å²) in [7, 11) is 1.32. The zero-order valence-corrected chi connectivity index (χ0v) is 10.0. The van der Waals surface area contributed by atoms with Gasteiger partial charge in [-0.1, -0.05) is 18.9 Å². The van der Waals surface area contributed by atoms with Gasteiger partial charge in [-0.15, -0.1) is 0 Å². The topological polar surface area (TPSA) is 29.5 Å². The van der Waals surface area contributed by atoms with Gasteiger partial charge in [0, 0.05) is 0 Å². The summed E-state index contributed by atoms with van der Waals surface area (Å²) in [6.45, 7) is 0. The molecule has 5 heteroatoms. The molecular weight excluding hydrogens is 245 g/mol. The Balaban J connectivity index is 2.52. The predicted octanol–water partition coefficient (Wildman–Crippen LogP) is 3.48. The van der Waals surface area contributed by atoms with Crippen LogP contribution in [0.15, 0.2) is 18.2 Å². The van der Waals surface area contributed by atoms with Crippen LogP contribution in [0, 0.1) is 0 Å². The minimum atomic E-state index is -4.48. The Morgan fingerprint density at radius 1 is 1.22 bits per heavy atom. The zero-order valence-electron chi connectivity index (χ0n) is 10.0. The standard InChI is InChI=1S/C13H15F3O2/c1-18-9-4-5-10(11(8-9)13(14,15)16)12(17)6-2-3-7-12/h4-5,8,17H,2-3,6-7H2,1H3. The Morgan fingerprint density at radius 2 is 1.83 bits per heavy atom. The molecule has 100 valence electrons. The fourth-order valence-corrected chi connectivity index (χ4v) is 2.52. The average Bonchev–Trinajstić information content (AvgIpc) is 2.75. The van der Waals surface area contributed by atoms with Crippen LogP contribution in [0.3, 0.4) is 0 Å². The smallest absolute Gasteiger partial charge is 0.416 e. The Bertz CT molecular complexity index is 434. The van der Waals surface area contributed by atoms with Crippen LogP contribution in [-0.4, -0.2) is 12.2 Å². The van der Waals surface area contributed by atoms with E-state index in [0.29, 0.717) is 12.8 Å². The molecule has 0 spiro atoms. The summed E-state index contributed by atoms with van der Waals surface area (Å²) in [6.07, 6.45) is -2.23. The first-order valence-electron chi connectivity index (χ1n) is 5.85. The van der Waals surface area contributed by atoms with Crippen molar-refractivity contribution in [1.29, 1.82) is 0 Å². The van der Waals surface area contributed by atoms with Gasteiger partial charge in [0.2, 0.25) is 0 Å². The van der Waals surface area contributed by atoms with Crippen LogP contribution in [0.25, 0.3) is 0 Å². The molecule has 0 amide bonds. The number of ether oxygens (including phenoxy) is 1. The van der Waals surface area contributed by atoms with Crippen molar-refractivity contribution in [2.45, 2.75) is 37.5 Å². The molecule has 2 nitrogen and oxygen atoms in total. The molecule has 0 unspecified atom stereocenters. The number of benzene rings is 1. The Morgan fingerprint density at radius 3 is 2.33 bits per heavy atom. The van der Waals surface area contributed by atoms with Gasteiger partial charge in [0.05, 0.1) is 18.3 Å². The molecule has 0 saturated heterocycles. The summed E-state index contributed by atoms with van der Waals surface area (Å²) in [5.41, 5.74) is -2.18. The lowest BCUT2D eigenvalue weighted by Gasteiger charge is -2.26. The van der Waals surface area contributed by atoms with E-state index in [1.54, 1.807) is 0 Å². The third-order valence-corrected chi connectivity index (χ3v) is 3.46. The summed E-state index contributed by atoms with van der Waals surface area (Å²) in [5.74, 6) is 0.146. The van der Waals surface area contributed by atoms with Gasteiger partial charge in [0.15, 0.2) is 0 Å². The van der Waals surface area contributed by atoms with Crippen LogP contribution in [0.1, 0.15) is 36.8 Å². The van der Waals surface area contributed by atoms with Crippen molar-refractivity contribution in [3.05, 3.63) is 29.3 Å². The van der Waals surface area contributed by atoms with E-state index >= 15 is 0 Å². The fourth-order valence-electron chi connectivity index (χ4n) is 2.52. The highest BCUT2D eigenvalue weighted by Crippen LogP contribution is 2.45. The maximum atomic E-state index is 13.0. The summed E-state index contributed by atoms with van der Waals surface area (Å²) in [5, 5.41) is 10.3. The molecule has 1 aliphatic carbocycles. The molecule has 18 heavy (non-hydrogen) atoms. The van der Waals surface area contributed by atoms with Crippen LogP contribution >= 0.6 is 0 Å². The number of methoxy groups -OCH3 is 1. The third kappa shape index (κ3) is 2.32. The molecular formula is C13H15F3O2. The van der Waals surface area contributed by atoms with Crippen LogP contribution < -0.4 is 4.74 Å². The number of alkyl halides is 3. The van der Waals surface area contributed by atoms with E-state index in [9.17, 15) is 18.3 Å². The molecule has 1 fully saturated rings. The van der Waals surface area contributed by atoms with Gasteiger partial charge in [-0.3, -0.25) is 0 Å². The van der Waals surface area contributed by atoms with Crippen molar-refractivity contribution >= 4 is 0 Å². The fraction of sp³-hybridized carbons (Fsp3) is 0.538. The van der Waals surface area contributed by atoms with Gasteiger partial charge in [0.1, 0.15) is 5.75 Å². The van der Waals surface area contributed by atoms with Gasteiger partial charge < -0.3 is 9.84 Å². The minimum absolute atomic E-state index is 0.0340. The zero-order chi connectivity index (χ0) is 13.4. The Kier molecular flexibility index (Phi) is 3.27. The molecule has 1 aliphatic rings.